The van der Waals surface area contributed by atoms with E-state index in [0.717, 1.165) is 64.7 Å². The van der Waals surface area contributed by atoms with Gasteiger partial charge < -0.3 is 20.9 Å². The van der Waals surface area contributed by atoms with E-state index >= 15 is 0 Å². The number of hydrogen-bond donors (Lipinski definition) is 2. The molecule has 3 amide bonds. The summed E-state index contributed by atoms with van der Waals surface area (Å²) < 4.78 is 0. The lowest BCUT2D eigenvalue weighted by molar-refractivity contribution is -0.138. The van der Waals surface area contributed by atoms with Crippen LogP contribution in [0.3, 0.4) is 0 Å². The van der Waals surface area contributed by atoms with Gasteiger partial charge in [-0.2, -0.15) is 0 Å². The van der Waals surface area contributed by atoms with Crippen molar-refractivity contribution in [1.82, 2.24) is 15.1 Å². The average Bonchev–Trinajstić information content (AvgIpc) is 3.08. The lowest BCUT2D eigenvalue weighted by Gasteiger charge is -2.39. The Hall–Kier alpha value is -1.30. The van der Waals surface area contributed by atoms with Crippen molar-refractivity contribution in [3.63, 3.8) is 0 Å². The number of rotatable bonds is 2. The largest absolute Gasteiger partial charge is 0.341 e. The van der Waals surface area contributed by atoms with Crippen molar-refractivity contribution in [1.29, 1.82) is 0 Å². The van der Waals surface area contributed by atoms with E-state index in [1.54, 1.807) is 0 Å². The lowest BCUT2D eigenvalue weighted by Crippen LogP contribution is -2.57. The number of carbonyl (C=O) groups excluding carboxylic acids is 2. The van der Waals surface area contributed by atoms with E-state index in [-0.39, 0.29) is 18.0 Å². The molecule has 0 aromatic carbocycles. The topological polar surface area (TPSA) is 78.7 Å². The Bertz CT molecular complexity index is 398. The molecule has 3 N–H and O–H groups in total. The van der Waals surface area contributed by atoms with E-state index in [1.807, 2.05) is 9.80 Å². The molecule has 0 aromatic heterocycles. The zero-order valence-corrected chi connectivity index (χ0v) is 11.9. The van der Waals surface area contributed by atoms with Crippen molar-refractivity contribution in [2.24, 2.45) is 5.73 Å². The molecular formula is C14H24N4O2. The van der Waals surface area contributed by atoms with E-state index in [9.17, 15) is 9.59 Å². The predicted molar refractivity (Wildman–Crippen MR) is 75.1 cm³/mol. The van der Waals surface area contributed by atoms with Crippen LogP contribution in [0, 0.1) is 0 Å². The minimum Gasteiger partial charge on any atom is -0.341 e. The number of nitrogens with two attached hydrogens (primary N) is 1. The van der Waals surface area contributed by atoms with E-state index in [2.05, 4.69) is 5.32 Å². The third-order valence-corrected chi connectivity index (χ3v) is 5.00. The lowest BCUT2D eigenvalue weighted by atomic mass is 9.94. The van der Waals surface area contributed by atoms with Crippen LogP contribution in [0.2, 0.25) is 0 Å². The van der Waals surface area contributed by atoms with Gasteiger partial charge in [0.2, 0.25) is 5.91 Å². The summed E-state index contributed by atoms with van der Waals surface area (Å²) in [6.07, 6.45) is 5.50. The van der Waals surface area contributed by atoms with Gasteiger partial charge in [0.25, 0.3) is 0 Å². The van der Waals surface area contributed by atoms with Crippen LogP contribution >= 0.6 is 0 Å². The van der Waals surface area contributed by atoms with Crippen molar-refractivity contribution in [2.45, 2.75) is 50.1 Å². The van der Waals surface area contributed by atoms with Gasteiger partial charge in [-0.3, -0.25) is 4.79 Å². The first-order valence-electron chi connectivity index (χ1n) is 7.73. The fraction of sp³-hybridized carbons (Fsp3) is 0.857. The van der Waals surface area contributed by atoms with Crippen LogP contribution in [0.1, 0.15) is 38.5 Å². The number of nitrogens with one attached hydrogen (secondary N) is 1. The van der Waals surface area contributed by atoms with Gasteiger partial charge in [-0.15, -0.1) is 0 Å². The van der Waals surface area contributed by atoms with Crippen molar-refractivity contribution in [2.75, 3.05) is 26.2 Å². The van der Waals surface area contributed by atoms with Gasteiger partial charge >= 0.3 is 6.03 Å². The molecule has 0 radical (unpaired) electrons. The third kappa shape index (κ3) is 2.37. The molecule has 2 aliphatic heterocycles. The van der Waals surface area contributed by atoms with Crippen LogP contribution in [0.25, 0.3) is 0 Å². The van der Waals surface area contributed by atoms with Crippen LogP contribution in [-0.2, 0) is 4.79 Å². The highest BCUT2D eigenvalue weighted by Crippen LogP contribution is 2.30. The molecule has 6 heteroatoms. The van der Waals surface area contributed by atoms with Crippen molar-refractivity contribution in [3.8, 4) is 0 Å². The summed E-state index contributed by atoms with van der Waals surface area (Å²) in [6, 6.07) is 0.319. The summed E-state index contributed by atoms with van der Waals surface area (Å²) >= 11 is 0. The number of amides is 3. The monoisotopic (exact) mass is 280 g/mol. The van der Waals surface area contributed by atoms with Gasteiger partial charge in [0, 0.05) is 32.2 Å². The van der Waals surface area contributed by atoms with Gasteiger partial charge in [-0.25, -0.2) is 4.79 Å². The molecule has 1 aliphatic carbocycles. The quantitative estimate of drug-likeness (QED) is 0.762. The Balaban J connectivity index is 1.55. The number of urea groups is 1. The summed E-state index contributed by atoms with van der Waals surface area (Å²) in [6.45, 7) is 2.99. The van der Waals surface area contributed by atoms with Gasteiger partial charge in [-0.1, -0.05) is 12.8 Å². The van der Waals surface area contributed by atoms with E-state index in [0.29, 0.717) is 0 Å². The molecule has 3 aliphatic rings. The van der Waals surface area contributed by atoms with Gasteiger partial charge in [0.15, 0.2) is 0 Å². The molecular weight excluding hydrogens is 256 g/mol. The minimum atomic E-state index is -0.613. The SMILES string of the molecule is NC1(C(=O)N2CCC(N3CCNC3=O)CC2)CCCC1. The second-order valence-electron chi connectivity index (χ2n) is 6.31. The maximum absolute atomic E-state index is 12.5. The molecule has 0 unspecified atom stereocenters. The molecule has 0 atom stereocenters. The summed E-state index contributed by atoms with van der Waals surface area (Å²) in [5.41, 5.74) is 5.63. The first-order chi connectivity index (χ1) is 9.60. The summed E-state index contributed by atoms with van der Waals surface area (Å²) in [7, 11) is 0. The number of likely N-dealkylation sites (tertiary alicyclic amines) is 1. The Morgan fingerprint density at radius 1 is 1.20 bits per heavy atom. The number of nitrogens with zero attached hydrogens (tertiary/aromatic N) is 2. The van der Waals surface area contributed by atoms with Gasteiger partial charge in [0.1, 0.15) is 0 Å². The Morgan fingerprint density at radius 2 is 1.85 bits per heavy atom. The van der Waals surface area contributed by atoms with Crippen LogP contribution in [0.4, 0.5) is 4.79 Å². The smallest absolute Gasteiger partial charge is 0.317 e. The molecule has 2 heterocycles. The van der Waals surface area contributed by atoms with Crippen LogP contribution in [-0.4, -0.2) is 59.5 Å². The third-order valence-electron chi connectivity index (χ3n) is 5.00. The zero-order chi connectivity index (χ0) is 14.2. The molecule has 1 saturated carbocycles. The van der Waals surface area contributed by atoms with Crippen molar-refractivity contribution in [3.05, 3.63) is 0 Å². The minimum absolute atomic E-state index is 0.0425. The van der Waals surface area contributed by atoms with E-state index in [1.165, 1.54) is 0 Å². The van der Waals surface area contributed by atoms with Crippen LogP contribution < -0.4 is 11.1 Å². The Kier molecular flexibility index (Phi) is 3.58. The number of piperidine rings is 1. The second-order valence-corrected chi connectivity index (χ2v) is 6.31. The van der Waals surface area contributed by atoms with Gasteiger partial charge in [0.05, 0.1) is 5.54 Å². The standard InChI is InChI=1S/C14H24N4O2/c15-14(5-1-2-6-14)12(19)17-8-3-11(4-9-17)18-10-7-16-13(18)20/h11H,1-10,15H2,(H,16,20). The normalized spacial score (nSPS) is 26.9. The van der Waals surface area contributed by atoms with Crippen LogP contribution in [0.5, 0.6) is 0 Å². The molecule has 2 saturated heterocycles. The maximum Gasteiger partial charge on any atom is 0.317 e. The van der Waals surface area contributed by atoms with Crippen LogP contribution in [0.15, 0.2) is 0 Å². The predicted octanol–water partition coefficient (Wildman–Crippen LogP) is 0.274. The molecule has 0 aromatic rings. The molecule has 6 nitrogen and oxygen atoms in total. The fourth-order valence-corrected chi connectivity index (χ4v) is 3.75. The van der Waals surface area contributed by atoms with E-state index < -0.39 is 5.54 Å². The van der Waals surface area contributed by atoms with E-state index in [4.69, 9.17) is 5.73 Å². The molecule has 3 fully saturated rings. The molecule has 20 heavy (non-hydrogen) atoms. The summed E-state index contributed by atoms with van der Waals surface area (Å²) in [5.74, 6) is 0.124. The maximum atomic E-state index is 12.5. The Labute approximate surface area is 119 Å². The van der Waals surface area contributed by atoms with Gasteiger partial charge in [-0.05, 0) is 25.7 Å². The highest BCUT2D eigenvalue weighted by atomic mass is 16.2. The zero-order valence-electron chi connectivity index (χ0n) is 11.9. The summed E-state index contributed by atoms with van der Waals surface area (Å²) in [5, 5.41) is 2.84. The van der Waals surface area contributed by atoms with Crippen molar-refractivity contribution >= 4 is 11.9 Å². The first-order valence-corrected chi connectivity index (χ1v) is 7.73. The number of carbonyl (C=O) groups is 2. The molecule has 0 spiro atoms. The molecule has 3 rings (SSSR count). The highest BCUT2D eigenvalue weighted by Gasteiger charge is 2.41. The molecule has 112 valence electrons. The Morgan fingerprint density at radius 3 is 2.40 bits per heavy atom. The number of hydrogen-bond acceptors (Lipinski definition) is 3. The van der Waals surface area contributed by atoms with Crippen molar-refractivity contribution < 1.29 is 9.59 Å². The first kappa shape index (κ1) is 13.7. The second kappa shape index (κ2) is 5.24. The molecule has 0 bridgehead atoms. The average molecular weight is 280 g/mol. The fourth-order valence-electron chi connectivity index (χ4n) is 3.75. The summed E-state index contributed by atoms with van der Waals surface area (Å²) in [4.78, 5) is 28.0. The highest BCUT2D eigenvalue weighted by molar-refractivity contribution is 5.86.